The van der Waals surface area contributed by atoms with E-state index in [4.69, 9.17) is 5.11 Å². The fourth-order valence-electron chi connectivity index (χ4n) is 2.58. The highest BCUT2D eigenvalue weighted by Crippen LogP contribution is 2.26. The van der Waals surface area contributed by atoms with Gasteiger partial charge in [0.05, 0.1) is 0 Å². The molecule has 9 nitrogen and oxygen atoms in total. The summed E-state index contributed by atoms with van der Waals surface area (Å²) in [5.41, 5.74) is -1.78. The average Bonchev–Trinajstić information content (AvgIpc) is 3.16. The molecule has 3 N–H and O–H groups in total. The molecule has 0 saturated heterocycles. The second-order valence-corrected chi connectivity index (χ2v) is 7.50. The van der Waals surface area contributed by atoms with Crippen LogP contribution in [0.25, 0.3) is 5.65 Å². The number of aromatic carboxylic acids is 1. The molecular formula is C16H20N4O5. The van der Waals surface area contributed by atoms with Gasteiger partial charge in [-0.2, -0.15) is 9.61 Å². The van der Waals surface area contributed by atoms with Crippen LogP contribution in [0.5, 0.6) is 5.88 Å². The molecule has 0 aromatic carbocycles. The molecule has 0 radical (unpaired) electrons. The summed E-state index contributed by atoms with van der Waals surface area (Å²) in [7, 11) is 0. The first-order chi connectivity index (χ1) is 11.6. The fraction of sp³-hybridized carbons (Fsp3) is 0.500. The first kappa shape index (κ1) is 17.0. The van der Waals surface area contributed by atoms with Gasteiger partial charge in [-0.1, -0.05) is 20.8 Å². The number of hydrogen-bond donors (Lipinski definition) is 3. The van der Waals surface area contributed by atoms with Crippen LogP contribution in [0.2, 0.25) is 0 Å². The Morgan fingerprint density at radius 3 is 2.52 bits per heavy atom. The van der Waals surface area contributed by atoms with Gasteiger partial charge in [-0.3, -0.25) is 14.2 Å². The summed E-state index contributed by atoms with van der Waals surface area (Å²) in [5, 5.41) is 26.2. The minimum Gasteiger partial charge on any atom is -0.494 e. The smallest absolute Gasteiger partial charge is 0.356 e. The molecule has 1 saturated carbocycles. The average molecular weight is 348 g/mol. The number of carbonyl (C=O) groups excluding carboxylic acids is 1. The molecule has 2 aromatic heterocycles. The molecule has 1 fully saturated rings. The molecule has 1 amide bonds. The molecule has 0 unspecified atom stereocenters. The Morgan fingerprint density at radius 1 is 1.36 bits per heavy atom. The summed E-state index contributed by atoms with van der Waals surface area (Å²) in [6.45, 7) is 6.01. The van der Waals surface area contributed by atoms with E-state index in [0.717, 1.165) is 17.4 Å². The molecule has 25 heavy (non-hydrogen) atoms. The van der Waals surface area contributed by atoms with Crippen LogP contribution in [-0.2, 0) is 6.54 Å². The number of rotatable bonds is 4. The van der Waals surface area contributed by atoms with Gasteiger partial charge in [0.25, 0.3) is 11.5 Å². The number of aromatic hydroxyl groups is 1. The fourth-order valence-corrected chi connectivity index (χ4v) is 2.58. The monoisotopic (exact) mass is 348 g/mol. The minimum absolute atomic E-state index is 0.00488. The van der Waals surface area contributed by atoms with E-state index in [9.17, 15) is 19.5 Å². The minimum atomic E-state index is -1.30. The number of aromatic nitrogens is 3. The molecular weight excluding hydrogens is 328 g/mol. The topological polar surface area (TPSA) is 126 Å². The van der Waals surface area contributed by atoms with E-state index in [1.165, 1.54) is 10.6 Å². The van der Waals surface area contributed by atoms with E-state index in [0.29, 0.717) is 0 Å². The van der Waals surface area contributed by atoms with E-state index in [2.05, 4.69) is 10.4 Å². The Balaban J connectivity index is 2.26. The lowest BCUT2D eigenvalue weighted by molar-refractivity contribution is 0.0690. The van der Waals surface area contributed by atoms with Crippen molar-refractivity contribution in [3.8, 4) is 5.88 Å². The van der Waals surface area contributed by atoms with Crippen molar-refractivity contribution in [3.05, 3.63) is 27.7 Å². The van der Waals surface area contributed by atoms with Crippen LogP contribution in [0.3, 0.4) is 0 Å². The third kappa shape index (κ3) is 3.21. The maximum Gasteiger partial charge on any atom is 0.356 e. The molecule has 9 heteroatoms. The van der Waals surface area contributed by atoms with Crippen LogP contribution >= 0.6 is 0 Å². The quantitative estimate of drug-likeness (QED) is 0.751. The van der Waals surface area contributed by atoms with Gasteiger partial charge in [0.1, 0.15) is 5.65 Å². The van der Waals surface area contributed by atoms with E-state index in [-0.39, 0.29) is 29.3 Å². The predicted octanol–water partition coefficient (Wildman–Crippen LogP) is 0.838. The van der Waals surface area contributed by atoms with Crippen molar-refractivity contribution >= 4 is 17.5 Å². The number of carbonyl (C=O) groups is 2. The highest BCUT2D eigenvalue weighted by molar-refractivity contribution is 5.96. The SMILES string of the molecule is CC(C)(C)Cn1c(O)c(C(=O)NC2CC2)c(=O)n2nc(C(=O)O)cc12. The van der Waals surface area contributed by atoms with Crippen LogP contribution < -0.4 is 10.9 Å². The maximum absolute atomic E-state index is 12.6. The molecule has 134 valence electrons. The predicted molar refractivity (Wildman–Crippen MR) is 88.0 cm³/mol. The lowest BCUT2D eigenvalue weighted by Crippen LogP contribution is -2.35. The molecule has 1 aliphatic rings. The Bertz CT molecular complexity index is 931. The highest BCUT2D eigenvalue weighted by Gasteiger charge is 2.30. The number of fused-ring (bicyclic) bond motifs is 1. The van der Waals surface area contributed by atoms with Gasteiger partial charge in [-0.05, 0) is 18.3 Å². The zero-order valence-corrected chi connectivity index (χ0v) is 14.2. The number of nitrogens with zero attached hydrogens (tertiary/aromatic N) is 3. The van der Waals surface area contributed by atoms with Crippen LogP contribution in [0.4, 0.5) is 0 Å². The summed E-state index contributed by atoms with van der Waals surface area (Å²) >= 11 is 0. The molecule has 0 aliphatic heterocycles. The normalized spacial score (nSPS) is 14.7. The second-order valence-electron chi connectivity index (χ2n) is 7.50. The number of hydrogen-bond acceptors (Lipinski definition) is 5. The largest absolute Gasteiger partial charge is 0.494 e. The van der Waals surface area contributed by atoms with Gasteiger partial charge in [-0.25, -0.2) is 4.79 Å². The number of nitrogens with one attached hydrogen (secondary N) is 1. The summed E-state index contributed by atoms with van der Waals surface area (Å²) in [6, 6.07) is 1.21. The van der Waals surface area contributed by atoms with Gasteiger partial charge in [0.15, 0.2) is 11.3 Å². The van der Waals surface area contributed by atoms with Gasteiger partial charge in [0.2, 0.25) is 5.88 Å². The standard InChI is InChI=1S/C16H20N4O5/c1-16(2,3)7-19-10-6-9(15(24)25)18-20(10)14(23)11(13(19)22)12(21)17-8-4-5-8/h6,8,22H,4-5,7H2,1-3H3,(H,17,21)(H,24,25). The highest BCUT2D eigenvalue weighted by atomic mass is 16.4. The van der Waals surface area contributed by atoms with Gasteiger partial charge in [-0.15, -0.1) is 0 Å². The molecule has 0 atom stereocenters. The summed E-state index contributed by atoms with van der Waals surface area (Å²) in [5.74, 6) is -2.46. The lowest BCUT2D eigenvalue weighted by atomic mass is 9.96. The van der Waals surface area contributed by atoms with E-state index >= 15 is 0 Å². The van der Waals surface area contributed by atoms with Crippen molar-refractivity contribution in [2.45, 2.75) is 46.2 Å². The van der Waals surface area contributed by atoms with Crippen molar-refractivity contribution in [1.29, 1.82) is 0 Å². The zero-order chi connectivity index (χ0) is 18.5. The lowest BCUT2D eigenvalue weighted by Gasteiger charge is -2.23. The van der Waals surface area contributed by atoms with E-state index in [1.807, 2.05) is 20.8 Å². The third-order valence-electron chi connectivity index (χ3n) is 3.84. The van der Waals surface area contributed by atoms with Crippen LogP contribution in [-0.4, -0.2) is 42.3 Å². The molecule has 1 aliphatic carbocycles. The first-order valence-electron chi connectivity index (χ1n) is 7.98. The Morgan fingerprint density at radius 2 is 2.00 bits per heavy atom. The summed E-state index contributed by atoms with van der Waals surface area (Å²) in [4.78, 5) is 36.2. The van der Waals surface area contributed by atoms with E-state index in [1.54, 1.807) is 0 Å². The van der Waals surface area contributed by atoms with E-state index < -0.39 is 28.9 Å². The Hall–Kier alpha value is -2.84. The van der Waals surface area contributed by atoms with Crippen LogP contribution in [0, 0.1) is 5.41 Å². The number of amides is 1. The second kappa shape index (κ2) is 5.61. The summed E-state index contributed by atoms with van der Waals surface area (Å²) < 4.78 is 2.21. The van der Waals surface area contributed by atoms with Gasteiger partial charge in [0, 0.05) is 18.7 Å². The van der Waals surface area contributed by atoms with Crippen molar-refractivity contribution in [1.82, 2.24) is 19.5 Å². The van der Waals surface area contributed by atoms with Crippen LogP contribution in [0.1, 0.15) is 54.5 Å². The summed E-state index contributed by atoms with van der Waals surface area (Å²) in [6.07, 6.45) is 1.66. The van der Waals surface area contributed by atoms with Crippen molar-refractivity contribution in [3.63, 3.8) is 0 Å². The van der Waals surface area contributed by atoms with Crippen molar-refractivity contribution in [2.75, 3.05) is 0 Å². The number of carboxylic acid groups (broad SMARTS) is 1. The first-order valence-corrected chi connectivity index (χ1v) is 7.98. The maximum atomic E-state index is 12.6. The van der Waals surface area contributed by atoms with Crippen LogP contribution in [0.15, 0.2) is 10.9 Å². The van der Waals surface area contributed by atoms with Gasteiger partial charge < -0.3 is 15.5 Å². The molecule has 0 bridgehead atoms. The van der Waals surface area contributed by atoms with Crippen molar-refractivity contribution in [2.24, 2.45) is 5.41 Å². The zero-order valence-electron chi connectivity index (χ0n) is 14.2. The Labute approximate surface area is 142 Å². The molecule has 2 heterocycles. The molecule has 0 spiro atoms. The third-order valence-corrected chi connectivity index (χ3v) is 3.84. The molecule has 2 aromatic rings. The molecule has 3 rings (SSSR count). The van der Waals surface area contributed by atoms with Crippen molar-refractivity contribution < 1.29 is 19.8 Å². The Kier molecular flexibility index (Phi) is 3.81. The number of carboxylic acids is 1. The van der Waals surface area contributed by atoms with Gasteiger partial charge >= 0.3 is 5.97 Å².